The van der Waals surface area contributed by atoms with Crippen molar-refractivity contribution >= 4 is 22.1 Å². The molecule has 35 heteroatoms. The molecule has 0 bridgehead atoms. The molecule has 0 aromatic carbocycles. The van der Waals surface area contributed by atoms with Gasteiger partial charge in [0.05, 0.1) is 32.5 Å². The van der Waals surface area contributed by atoms with Crippen LogP contribution in [0.4, 0.5) is 114 Å². The molecule has 0 aliphatic rings. The molecule has 1 atom stereocenters. The topological polar surface area (TPSA) is 110 Å². The van der Waals surface area contributed by atoms with Gasteiger partial charge in [0.2, 0.25) is 0 Å². The zero-order valence-corrected chi connectivity index (χ0v) is 28.0. The molecule has 0 rings (SSSR count). The van der Waals surface area contributed by atoms with Gasteiger partial charge in [-0.15, -0.1) is 0 Å². The molecule has 0 N–H and O–H groups in total. The van der Waals surface area contributed by atoms with Gasteiger partial charge in [0.15, 0.2) is 5.25 Å². The standard InChI is InChI=1S/C20H12F26O7S.Na/c21-9(22,11(25,26)13(29,30)15(33,34)17(37,38)19(41,42)43)1-3-52-7(47)5-6(54(49,50)51)8(48)53-4-2-10(23,24)12(27,28)14(31,32)16(35,36)18(39,40)20(44,45)46;/h6H,1-5H2,(H,49,50,51);/q;+1/p-1. The van der Waals surface area contributed by atoms with E-state index in [1.54, 1.807) is 0 Å². The van der Waals surface area contributed by atoms with E-state index in [0.717, 1.165) is 0 Å². The van der Waals surface area contributed by atoms with E-state index in [-0.39, 0.29) is 29.6 Å². The Balaban J connectivity index is 0. The van der Waals surface area contributed by atoms with Gasteiger partial charge in [-0.25, -0.2) is 8.42 Å². The maximum atomic E-state index is 13.8. The van der Waals surface area contributed by atoms with Gasteiger partial charge in [-0.2, -0.15) is 114 Å². The van der Waals surface area contributed by atoms with Crippen LogP contribution in [0.25, 0.3) is 0 Å². The minimum atomic E-state index is -8.38. The van der Waals surface area contributed by atoms with Gasteiger partial charge in [0, 0.05) is 0 Å². The molecular weight excluding hydrogens is 901 g/mol. The third-order valence-corrected chi connectivity index (χ3v) is 7.36. The molecule has 0 spiro atoms. The Labute approximate surface area is 307 Å². The summed E-state index contributed by atoms with van der Waals surface area (Å²) in [6.45, 7) is -5.37. The molecule has 0 aromatic rings. The molecule has 0 aliphatic heterocycles. The number of rotatable bonds is 18. The molecular formula is C20H11F26NaO7S. The third-order valence-electron chi connectivity index (χ3n) is 6.30. The largest absolute Gasteiger partial charge is 1.00 e. The quantitative estimate of drug-likeness (QED) is 0.0855. The zero-order valence-electron chi connectivity index (χ0n) is 25.2. The smallest absolute Gasteiger partial charge is 0.747 e. The summed E-state index contributed by atoms with van der Waals surface area (Å²) >= 11 is 0. The van der Waals surface area contributed by atoms with Crippen molar-refractivity contribution in [3.8, 4) is 0 Å². The van der Waals surface area contributed by atoms with Gasteiger partial charge in [0.25, 0.3) is 0 Å². The summed E-state index contributed by atoms with van der Waals surface area (Å²) in [6.07, 6.45) is -24.8. The van der Waals surface area contributed by atoms with Crippen LogP contribution in [0, 0.1) is 0 Å². The average Bonchev–Trinajstić information content (AvgIpc) is 2.92. The first-order chi connectivity index (χ1) is 23.1. The minimum Gasteiger partial charge on any atom is -0.747 e. The number of alkyl halides is 26. The molecule has 0 saturated carbocycles. The molecule has 0 heterocycles. The Bertz CT molecular complexity index is 1470. The van der Waals surface area contributed by atoms with Crippen molar-refractivity contribution in [2.75, 3.05) is 13.2 Å². The summed E-state index contributed by atoms with van der Waals surface area (Å²) in [5, 5.41) is -3.84. The van der Waals surface area contributed by atoms with Crippen molar-refractivity contribution < 1.29 is 176 Å². The van der Waals surface area contributed by atoms with Gasteiger partial charge < -0.3 is 14.0 Å². The first-order valence-corrected chi connectivity index (χ1v) is 13.8. The molecule has 55 heavy (non-hydrogen) atoms. The van der Waals surface area contributed by atoms with Gasteiger partial charge in [0.1, 0.15) is 10.1 Å². The van der Waals surface area contributed by atoms with E-state index in [1.165, 1.54) is 0 Å². The summed E-state index contributed by atoms with van der Waals surface area (Å²) in [6, 6.07) is 0. The Hall–Kier alpha value is -1.97. The van der Waals surface area contributed by atoms with Crippen LogP contribution < -0.4 is 29.6 Å². The normalized spacial score (nSPS) is 16.0. The van der Waals surface area contributed by atoms with Crippen LogP contribution in [-0.2, 0) is 29.2 Å². The summed E-state index contributed by atoms with van der Waals surface area (Å²) < 4.78 is 380. The Morgan fingerprint density at radius 1 is 0.455 bits per heavy atom. The van der Waals surface area contributed by atoms with Crippen molar-refractivity contribution in [2.45, 2.75) is 96.1 Å². The van der Waals surface area contributed by atoms with Crippen molar-refractivity contribution in [2.24, 2.45) is 0 Å². The van der Waals surface area contributed by atoms with Crippen molar-refractivity contribution in [3.05, 3.63) is 0 Å². The maximum absolute atomic E-state index is 13.8. The molecule has 1 unspecified atom stereocenters. The first-order valence-electron chi connectivity index (χ1n) is 12.3. The van der Waals surface area contributed by atoms with Crippen molar-refractivity contribution in [3.63, 3.8) is 0 Å². The number of ether oxygens (including phenoxy) is 2. The molecule has 0 fully saturated rings. The Morgan fingerprint density at radius 2 is 0.709 bits per heavy atom. The molecule has 0 aromatic heterocycles. The zero-order chi connectivity index (χ0) is 44.2. The molecule has 7 nitrogen and oxygen atoms in total. The van der Waals surface area contributed by atoms with Gasteiger partial charge >= 0.3 is 113 Å². The van der Waals surface area contributed by atoms with E-state index in [0.29, 0.717) is 0 Å². The van der Waals surface area contributed by atoms with E-state index in [1.807, 2.05) is 0 Å². The third kappa shape index (κ3) is 9.67. The second kappa shape index (κ2) is 16.0. The van der Waals surface area contributed by atoms with Crippen LogP contribution in [0.1, 0.15) is 19.3 Å². The first kappa shape index (κ1) is 55.1. The summed E-state index contributed by atoms with van der Waals surface area (Å²) in [4.78, 5) is 23.3. The number of carbonyl (C=O) groups excluding carboxylic acids is 2. The van der Waals surface area contributed by atoms with E-state index in [2.05, 4.69) is 9.47 Å². The van der Waals surface area contributed by atoms with Gasteiger partial charge in [-0.3, -0.25) is 9.59 Å². The van der Waals surface area contributed by atoms with E-state index < -0.39 is 131 Å². The Morgan fingerprint density at radius 3 is 0.964 bits per heavy atom. The fourth-order valence-corrected chi connectivity index (χ4v) is 3.74. The summed E-state index contributed by atoms with van der Waals surface area (Å²) in [7, 11) is -6.55. The molecule has 0 saturated heterocycles. The van der Waals surface area contributed by atoms with E-state index >= 15 is 0 Å². The van der Waals surface area contributed by atoms with Crippen molar-refractivity contribution in [1.82, 2.24) is 0 Å². The SMILES string of the molecule is O=C(CC(C(=O)OCCC(F)(F)C(F)(F)C(F)(F)C(F)(F)C(F)(F)C(F)(F)F)S(=O)(=O)[O-])OCCC(F)(F)C(F)(F)C(F)(F)C(F)(F)C(F)(F)C(F)(F)F.[Na+]. The van der Waals surface area contributed by atoms with Crippen LogP contribution in [0.15, 0.2) is 0 Å². The van der Waals surface area contributed by atoms with Crippen LogP contribution in [0.3, 0.4) is 0 Å². The minimum absolute atomic E-state index is 0. The second-order valence-electron chi connectivity index (χ2n) is 10.1. The van der Waals surface area contributed by atoms with Crippen LogP contribution in [0.2, 0.25) is 0 Å². The number of halogens is 26. The monoisotopic (exact) mass is 912 g/mol. The average molecular weight is 912 g/mol. The number of carbonyl (C=O) groups is 2. The van der Waals surface area contributed by atoms with E-state index in [4.69, 9.17) is 0 Å². The number of esters is 2. The van der Waals surface area contributed by atoms with Crippen molar-refractivity contribution in [1.29, 1.82) is 0 Å². The van der Waals surface area contributed by atoms with Gasteiger partial charge in [-0.05, 0) is 0 Å². The van der Waals surface area contributed by atoms with Crippen LogP contribution in [-0.4, -0.2) is 115 Å². The maximum Gasteiger partial charge on any atom is 1.00 e. The number of hydrogen-bond acceptors (Lipinski definition) is 7. The fraction of sp³-hybridized carbons (Fsp3) is 0.900. The second-order valence-corrected chi connectivity index (χ2v) is 11.6. The molecule has 322 valence electrons. The van der Waals surface area contributed by atoms with Gasteiger partial charge in [-0.1, -0.05) is 0 Å². The fourth-order valence-electron chi connectivity index (χ4n) is 3.10. The van der Waals surface area contributed by atoms with Crippen LogP contribution >= 0.6 is 0 Å². The van der Waals surface area contributed by atoms with E-state index in [9.17, 15) is 137 Å². The molecule has 0 amide bonds. The molecule has 0 aliphatic carbocycles. The summed E-state index contributed by atoms with van der Waals surface area (Å²) in [5.74, 6) is -85.1. The summed E-state index contributed by atoms with van der Waals surface area (Å²) in [5.41, 5.74) is 0. The number of hydrogen-bond donors (Lipinski definition) is 0. The Kier molecular flexibility index (Phi) is 16.0. The molecule has 0 radical (unpaired) electrons. The van der Waals surface area contributed by atoms with Crippen LogP contribution in [0.5, 0.6) is 0 Å². The predicted octanol–water partition coefficient (Wildman–Crippen LogP) is 4.64. The predicted molar refractivity (Wildman–Crippen MR) is 111 cm³/mol.